The zero-order valence-corrected chi connectivity index (χ0v) is 13.4. The van der Waals surface area contributed by atoms with Crippen LogP contribution in [0.5, 0.6) is 0 Å². The first-order chi connectivity index (χ1) is 9.65. The van der Waals surface area contributed by atoms with Crippen LogP contribution < -0.4 is 5.56 Å². The summed E-state index contributed by atoms with van der Waals surface area (Å²) in [5.74, 6) is 0.660. The van der Waals surface area contributed by atoms with E-state index in [-0.39, 0.29) is 5.56 Å². The Bertz CT molecular complexity index is 730. The molecular formula is C15H18N2OS2. The molecule has 1 unspecified atom stereocenters. The van der Waals surface area contributed by atoms with Crippen molar-refractivity contribution >= 4 is 33.3 Å². The predicted molar refractivity (Wildman–Crippen MR) is 87.0 cm³/mol. The second kappa shape index (κ2) is 5.37. The van der Waals surface area contributed by atoms with Crippen LogP contribution in [-0.2, 0) is 19.4 Å². The summed E-state index contributed by atoms with van der Waals surface area (Å²) in [6.07, 6.45) is 7.04. The summed E-state index contributed by atoms with van der Waals surface area (Å²) >= 11 is 3.23. The van der Waals surface area contributed by atoms with E-state index in [4.69, 9.17) is 4.98 Å². The van der Waals surface area contributed by atoms with Gasteiger partial charge in [-0.25, -0.2) is 4.98 Å². The van der Waals surface area contributed by atoms with Crippen molar-refractivity contribution < 1.29 is 0 Å². The van der Waals surface area contributed by atoms with Crippen LogP contribution >= 0.6 is 23.1 Å². The SMILES string of the molecule is C=CCn1c(SC)nc2sc3c(c2c1=O)CC(C)CC3. The largest absolute Gasteiger partial charge is 0.283 e. The standard InChI is InChI=1S/C15H18N2OS2/c1-4-7-17-14(18)12-10-8-9(2)5-6-11(10)20-13(12)16-15(17)19-3/h4,9H,1,5-8H2,2-3H3. The van der Waals surface area contributed by atoms with E-state index in [2.05, 4.69) is 13.5 Å². The van der Waals surface area contributed by atoms with Gasteiger partial charge in [-0.15, -0.1) is 17.9 Å². The first-order valence-corrected chi connectivity index (χ1v) is 8.89. The summed E-state index contributed by atoms with van der Waals surface area (Å²) in [5, 5.41) is 1.64. The molecule has 0 N–H and O–H groups in total. The molecular weight excluding hydrogens is 288 g/mol. The Balaban J connectivity index is 2.31. The fourth-order valence-electron chi connectivity index (χ4n) is 2.86. The van der Waals surface area contributed by atoms with E-state index in [0.29, 0.717) is 12.5 Å². The van der Waals surface area contributed by atoms with Crippen molar-refractivity contribution in [3.8, 4) is 0 Å². The normalized spacial score (nSPS) is 18.2. The molecule has 0 aromatic carbocycles. The maximum Gasteiger partial charge on any atom is 0.263 e. The molecule has 0 bridgehead atoms. The van der Waals surface area contributed by atoms with Crippen molar-refractivity contribution in [2.45, 2.75) is 37.9 Å². The molecule has 1 aliphatic carbocycles. The van der Waals surface area contributed by atoms with E-state index in [0.717, 1.165) is 28.2 Å². The van der Waals surface area contributed by atoms with Gasteiger partial charge in [0.15, 0.2) is 5.16 Å². The Kier molecular flexibility index (Phi) is 3.73. The van der Waals surface area contributed by atoms with Crippen LogP contribution in [0.3, 0.4) is 0 Å². The van der Waals surface area contributed by atoms with Crippen LogP contribution in [0, 0.1) is 5.92 Å². The van der Waals surface area contributed by atoms with Gasteiger partial charge in [-0.2, -0.15) is 0 Å². The number of allylic oxidation sites excluding steroid dienone is 1. The Morgan fingerprint density at radius 1 is 1.60 bits per heavy atom. The van der Waals surface area contributed by atoms with Crippen LogP contribution in [-0.4, -0.2) is 15.8 Å². The van der Waals surface area contributed by atoms with E-state index in [9.17, 15) is 4.79 Å². The maximum absolute atomic E-state index is 12.8. The lowest BCUT2D eigenvalue weighted by Crippen LogP contribution is -2.23. The third-order valence-corrected chi connectivity index (χ3v) is 5.73. The van der Waals surface area contributed by atoms with Crippen LogP contribution in [0.2, 0.25) is 0 Å². The van der Waals surface area contributed by atoms with Crippen molar-refractivity contribution in [1.82, 2.24) is 9.55 Å². The highest BCUT2D eigenvalue weighted by atomic mass is 32.2. The predicted octanol–water partition coefficient (Wildman–Crippen LogP) is 3.49. The van der Waals surface area contributed by atoms with E-state index in [1.807, 2.05) is 6.26 Å². The van der Waals surface area contributed by atoms with E-state index >= 15 is 0 Å². The highest BCUT2D eigenvalue weighted by Gasteiger charge is 2.24. The van der Waals surface area contributed by atoms with E-state index in [1.165, 1.54) is 28.6 Å². The molecule has 0 radical (unpaired) electrons. The zero-order chi connectivity index (χ0) is 14.3. The minimum Gasteiger partial charge on any atom is -0.283 e. The second-order valence-electron chi connectivity index (χ2n) is 5.33. The molecule has 0 saturated heterocycles. The van der Waals surface area contributed by atoms with Crippen LogP contribution in [0.25, 0.3) is 10.2 Å². The van der Waals surface area contributed by atoms with Gasteiger partial charge in [0, 0.05) is 11.4 Å². The lowest BCUT2D eigenvalue weighted by molar-refractivity contribution is 0.508. The molecule has 0 amide bonds. The fourth-order valence-corrected chi connectivity index (χ4v) is 4.68. The Morgan fingerprint density at radius 2 is 2.40 bits per heavy atom. The maximum atomic E-state index is 12.8. The molecule has 1 atom stereocenters. The molecule has 0 aliphatic heterocycles. The van der Waals surface area contributed by atoms with Crippen molar-refractivity contribution in [3.05, 3.63) is 33.4 Å². The number of thioether (sulfide) groups is 1. The lowest BCUT2D eigenvalue weighted by atomic mass is 9.89. The quantitative estimate of drug-likeness (QED) is 0.494. The van der Waals surface area contributed by atoms with Gasteiger partial charge in [-0.3, -0.25) is 9.36 Å². The van der Waals surface area contributed by atoms with Crippen molar-refractivity contribution in [3.63, 3.8) is 0 Å². The summed E-state index contributed by atoms with van der Waals surface area (Å²) in [6.45, 7) is 6.53. The number of hydrogen-bond donors (Lipinski definition) is 0. The van der Waals surface area contributed by atoms with Crippen LogP contribution in [0.4, 0.5) is 0 Å². The van der Waals surface area contributed by atoms with Gasteiger partial charge < -0.3 is 0 Å². The van der Waals surface area contributed by atoms with Crippen LogP contribution in [0.1, 0.15) is 23.8 Å². The number of aromatic nitrogens is 2. The molecule has 2 heterocycles. The molecule has 3 rings (SSSR count). The lowest BCUT2D eigenvalue weighted by Gasteiger charge is -2.17. The van der Waals surface area contributed by atoms with Gasteiger partial charge >= 0.3 is 0 Å². The third kappa shape index (κ3) is 2.13. The Labute approximate surface area is 126 Å². The number of fused-ring (bicyclic) bond motifs is 3. The molecule has 3 nitrogen and oxygen atoms in total. The van der Waals surface area contributed by atoms with E-state index in [1.54, 1.807) is 22.0 Å². The van der Waals surface area contributed by atoms with Gasteiger partial charge in [0.2, 0.25) is 0 Å². The molecule has 5 heteroatoms. The average molecular weight is 306 g/mol. The third-order valence-electron chi connectivity index (χ3n) is 3.87. The number of nitrogens with zero attached hydrogens (tertiary/aromatic N) is 2. The number of hydrogen-bond acceptors (Lipinski definition) is 4. The minimum absolute atomic E-state index is 0.103. The van der Waals surface area contributed by atoms with Gasteiger partial charge in [-0.1, -0.05) is 24.8 Å². The summed E-state index contributed by atoms with van der Waals surface area (Å²) < 4.78 is 1.74. The molecule has 1 aliphatic rings. The molecule has 20 heavy (non-hydrogen) atoms. The van der Waals surface area contributed by atoms with E-state index < -0.39 is 0 Å². The fraction of sp³-hybridized carbons (Fsp3) is 0.467. The average Bonchev–Trinajstić information content (AvgIpc) is 2.79. The first-order valence-electron chi connectivity index (χ1n) is 6.85. The summed E-state index contributed by atoms with van der Waals surface area (Å²) in [5.41, 5.74) is 1.36. The monoisotopic (exact) mass is 306 g/mol. The molecule has 2 aromatic heterocycles. The highest BCUT2D eigenvalue weighted by Crippen LogP contribution is 2.36. The number of aryl methyl sites for hydroxylation is 1. The molecule has 0 saturated carbocycles. The van der Waals surface area contributed by atoms with Gasteiger partial charge in [-0.05, 0) is 37.0 Å². The molecule has 0 fully saturated rings. The van der Waals surface area contributed by atoms with Crippen molar-refractivity contribution in [2.24, 2.45) is 5.92 Å². The summed E-state index contributed by atoms with van der Waals surface area (Å²) in [4.78, 5) is 19.8. The minimum atomic E-state index is 0.103. The molecule has 106 valence electrons. The van der Waals surface area contributed by atoms with Gasteiger partial charge in [0.25, 0.3) is 5.56 Å². The highest BCUT2D eigenvalue weighted by molar-refractivity contribution is 7.98. The van der Waals surface area contributed by atoms with Gasteiger partial charge in [0.05, 0.1) is 5.39 Å². The Hall–Kier alpha value is -1.07. The van der Waals surface area contributed by atoms with Crippen molar-refractivity contribution in [2.75, 3.05) is 6.26 Å². The second-order valence-corrected chi connectivity index (χ2v) is 7.19. The van der Waals surface area contributed by atoms with Crippen LogP contribution in [0.15, 0.2) is 22.6 Å². The topological polar surface area (TPSA) is 34.9 Å². The summed E-state index contributed by atoms with van der Waals surface area (Å²) in [7, 11) is 0. The number of thiophene rings is 1. The smallest absolute Gasteiger partial charge is 0.263 e. The Morgan fingerprint density at radius 3 is 3.10 bits per heavy atom. The number of rotatable bonds is 3. The molecule has 0 spiro atoms. The van der Waals surface area contributed by atoms with Gasteiger partial charge in [0.1, 0.15) is 4.83 Å². The van der Waals surface area contributed by atoms with Crippen molar-refractivity contribution in [1.29, 1.82) is 0 Å². The molecule has 2 aromatic rings. The zero-order valence-electron chi connectivity index (χ0n) is 11.8. The summed E-state index contributed by atoms with van der Waals surface area (Å²) in [6, 6.07) is 0. The first kappa shape index (κ1) is 13.9.